The minimum Gasteiger partial charge on any atom is -0.481 e. The lowest BCUT2D eigenvalue weighted by Crippen LogP contribution is -2.60. The smallest absolute Gasteiger partial charge is 0.305 e. The Morgan fingerprint density at radius 1 is 1.57 bits per heavy atom. The number of rotatable bonds is 2. The lowest BCUT2D eigenvalue weighted by molar-refractivity contribution is -0.143. The van der Waals surface area contributed by atoms with Crippen LogP contribution in [0, 0.1) is 0 Å². The molecule has 1 N–H and O–H groups in total. The fourth-order valence-electron chi connectivity index (χ4n) is 2.07. The highest BCUT2D eigenvalue weighted by Gasteiger charge is 2.39. The first-order valence-corrected chi connectivity index (χ1v) is 5.02. The summed E-state index contributed by atoms with van der Waals surface area (Å²) < 4.78 is 0. The van der Waals surface area contributed by atoms with Crippen molar-refractivity contribution >= 4 is 5.97 Å². The molecule has 0 aliphatic carbocycles. The van der Waals surface area contributed by atoms with Crippen LogP contribution in [0.1, 0.15) is 26.7 Å². The minimum atomic E-state index is -0.712. The van der Waals surface area contributed by atoms with E-state index in [4.69, 9.17) is 5.11 Å². The molecule has 0 aromatic carbocycles. The van der Waals surface area contributed by atoms with Crippen molar-refractivity contribution in [2.75, 3.05) is 20.6 Å². The highest BCUT2D eigenvalue weighted by atomic mass is 16.4. The van der Waals surface area contributed by atoms with E-state index in [1.165, 1.54) is 0 Å². The van der Waals surface area contributed by atoms with Crippen LogP contribution in [0.5, 0.6) is 0 Å². The zero-order valence-electron chi connectivity index (χ0n) is 9.45. The molecule has 1 saturated heterocycles. The molecule has 4 nitrogen and oxygen atoms in total. The molecule has 0 amide bonds. The highest BCUT2D eigenvalue weighted by Crippen LogP contribution is 2.29. The van der Waals surface area contributed by atoms with E-state index >= 15 is 0 Å². The molecule has 0 radical (unpaired) electrons. The molecule has 2 unspecified atom stereocenters. The van der Waals surface area contributed by atoms with Crippen LogP contribution in [-0.4, -0.2) is 53.2 Å². The van der Waals surface area contributed by atoms with Crippen LogP contribution in [0.3, 0.4) is 0 Å². The quantitative estimate of drug-likeness (QED) is 0.717. The molecule has 1 heterocycles. The van der Waals surface area contributed by atoms with Gasteiger partial charge in [0.1, 0.15) is 0 Å². The van der Waals surface area contributed by atoms with Crippen molar-refractivity contribution in [1.82, 2.24) is 9.80 Å². The number of carboxylic acids is 1. The third-order valence-electron chi connectivity index (χ3n) is 3.59. The largest absolute Gasteiger partial charge is 0.481 e. The van der Waals surface area contributed by atoms with E-state index < -0.39 is 5.97 Å². The second kappa shape index (κ2) is 3.87. The molecular weight excluding hydrogens is 180 g/mol. The Labute approximate surface area is 85.5 Å². The van der Waals surface area contributed by atoms with E-state index in [2.05, 4.69) is 23.8 Å². The first-order chi connectivity index (χ1) is 6.37. The molecular formula is C10H20N2O2. The van der Waals surface area contributed by atoms with Crippen molar-refractivity contribution in [2.45, 2.75) is 38.4 Å². The Morgan fingerprint density at radius 3 is 2.64 bits per heavy atom. The normalized spacial score (nSPS) is 35.9. The van der Waals surface area contributed by atoms with Gasteiger partial charge in [-0.05, 0) is 34.4 Å². The number of aliphatic carboxylic acids is 1. The molecule has 1 rings (SSSR count). The summed E-state index contributed by atoms with van der Waals surface area (Å²) in [7, 11) is 4.07. The Kier molecular flexibility index (Phi) is 3.17. The minimum absolute atomic E-state index is 0.197. The first-order valence-electron chi connectivity index (χ1n) is 5.02. The van der Waals surface area contributed by atoms with Gasteiger partial charge < -0.3 is 5.11 Å². The SMILES string of the molecule is CC1N(C)CCC(C)(CC(=O)O)N1C. The summed E-state index contributed by atoms with van der Waals surface area (Å²) in [6.07, 6.45) is 1.45. The van der Waals surface area contributed by atoms with Crippen molar-refractivity contribution in [2.24, 2.45) is 0 Å². The lowest BCUT2D eigenvalue weighted by atomic mass is 9.88. The van der Waals surface area contributed by atoms with Crippen molar-refractivity contribution in [1.29, 1.82) is 0 Å². The van der Waals surface area contributed by atoms with E-state index in [0.29, 0.717) is 6.17 Å². The van der Waals surface area contributed by atoms with E-state index in [0.717, 1.165) is 13.0 Å². The molecule has 0 aromatic rings. The Bertz CT molecular complexity index is 232. The summed E-state index contributed by atoms with van der Waals surface area (Å²) in [4.78, 5) is 15.2. The summed E-state index contributed by atoms with van der Waals surface area (Å²) in [5.41, 5.74) is -0.197. The van der Waals surface area contributed by atoms with Crippen LogP contribution in [0.25, 0.3) is 0 Å². The molecule has 1 fully saturated rings. The van der Waals surface area contributed by atoms with Crippen molar-refractivity contribution < 1.29 is 9.90 Å². The maximum Gasteiger partial charge on any atom is 0.305 e. The Morgan fingerprint density at radius 2 is 2.14 bits per heavy atom. The van der Waals surface area contributed by atoms with E-state index in [-0.39, 0.29) is 12.0 Å². The number of hydrogen-bond donors (Lipinski definition) is 1. The summed E-state index contributed by atoms with van der Waals surface area (Å²) in [6.45, 7) is 5.11. The van der Waals surface area contributed by atoms with E-state index in [1.807, 2.05) is 14.0 Å². The highest BCUT2D eigenvalue weighted by molar-refractivity contribution is 5.68. The molecule has 0 aromatic heterocycles. The van der Waals surface area contributed by atoms with Crippen LogP contribution < -0.4 is 0 Å². The Balaban J connectivity index is 2.74. The maximum absolute atomic E-state index is 10.8. The maximum atomic E-state index is 10.8. The molecule has 4 heteroatoms. The zero-order chi connectivity index (χ0) is 10.9. The van der Waals surface area contributed by atoms with Gasteiger partial charge in [0.15, 0.2) is 0 Å². The van der Waals surface area contributed by atoms with Crippen molar-refractivity contribution in [3.63, 3.8) is 0 Å². The fourth-order valence-corrected chi connectivity index (χ4v) is 2.07. The second-order valence-corrected chi connectivity index (χ2v) is 4.54. The average molecular weight is 200 g/mol. The Hall–Kier alpha value is -0.610. The predicted octanol–water partition coefficient (Wildman–Crippen LogP) is 0.833. The summed E-state index contributed by atoms with van der Waals surface area (Å²) in [5, 5.41) is 8.86. The zero-order valence-corrected chi connectivity index (χ0v) is 9.45. The molecule has 0 spiro atoms. The van der Waals surface area contributed by atoms with Crippen LogP contribution in [0.4, 0.5) is 0 Å². The van der Waals surface area contributed by atoms with Gasteiger partial charge in [-0.3, -0.25) is 14.6 Å². The standard InChI is InChI=1S/C10H20N2O2/c1-8-11(3)6-5-10(2,12(8)4)7-9(13)14/h8H,5-7H2,1-4H3,(H,13,14). The third-order valence-corrected chi connectivity index (χ3v) is 3.59. The van der Waals surface area contributed by atoms with Gasteiger partial charge in [0.25, 0.3) is 0 Å². The van der Waals surface area contributed by atoms with Crippen LogP contribution in [0.15, 0.2) is 0 Å². The predicted molar refractivity (Wildman–Crippen MR) is 55.1 cm³/mol. The van der Waals surface area contributed by atoms with Crippen molar-refractivity contribution in [3.05, 3.63) is 0 Å². The number of carbonyl (C=O) groups is 1. The van der Waals surface area contributed by atoms with Gasteiger partial charge in [-0.2, -0.15) is 0 Å². The van der Waals surface area contributed by atoms with Gasteiger partial charge in [-0.15, -0.1) is 0 Å². The van der Waals surface area contributed by atoms with Crippen LogP contribution in [-0.2, 0) is 4.79 Å². The molecule has 82 valence electrons. The van der Waals surface area contributed by atoms with E-state index in [9.17, 15) is 4.79 Å². The van der Waals surface area contributed by atoms with Crippen LogP contribution >= 0.6 is 0 Å². The monoisotopic (exact) mass is 200 g/mol. The molecule has 0 saturated carbocycles. The third kappa shape index (κ3) is 2.07. The van der Waals surface area contributed by atoms with Gasteiger partial charge in [0.2, 0.25) is 0 Å². The summed E-state index contributed by atoms with van der Waals surface area (Å²) in [6, 6.07) is 0. The fraction of sp³-hybridized carbons (Fsp3) is 0.900. The molecule has 1 aliphatic rings. The van der Waals surface area contributed by atoms with E-state index in [1.54, 1.807) is 0 Å². The summed E-state index contributed by atoms with van der Waals surface area (Å²) >= 11 is 0. The second-order valence-electron chi connectivity index (χ2n) is 4.54. The topological polar surface area (TPSA) is 43.8 Å². The molecule has 2 atom stereocenters. The van der Waals surface area contributed by atoms with Gasteiger partial charge in [-0.25, -0.2) is 0 Å². The van der Waals surface area contributed by atoms with Crippen molar-refractivity contribution in [3.8, 4) is 0 Å². The molecule has 1 aliphatic heterocycles. The lowest BCUT2D eigenvalue weighted by Gasteiger charge is -2.50. The number of nitrogens with zero attached hydrogens (tertiary/aromatic N) is 2. The number of carboxylic acid groups (broad SMARTS) is 1. The van der Waals surface area contributed by atoms with Gasteiger partial charge in [0, 0.05) is 12.1 Å². The van der Waals surface area contributed by atoms with Gasteiger partial charge >= 0.3 is 5.97 Å². The van der Waals surface area contributed by atoms with Gasteiger partial charge in [-0.1, -0.05) is 0 Å². The molecule has 14 heavy (non-hydrogen) atoms. The number of hydrogen-bond acceptors (Lipinski definition) is 3. The van der Waals surface area contributed by atoms with Crippen LogP contribution in [0.2, 0.25) is 0 Å². The average Bonchev–Trinajstić information content (AvgIpc) is 2.08. The first kappa shape index (κ1) is 11.5. The van der Waals surface area contributed by atoms with Gasteiger partial charge in [0.05, 0.1) is 12.6 Å². The molecule has 0 bridgehead atoms. The summed E-state index contributed by atoms with van der Waals surface area (Å²) in [5.74, 6) is -0.712.